The number of nitrogens with one attached hydrogen (secondary N) is 2. The van der Waals surface area contributed by atoms with Gasteiger partial charge in [0, 0.05) is 23.9 Å². The number of hydrogen-bond acceptors (Lipinski definition) is 7. The number of alkyl halides is 3. The SMILES string of the molecule is COc1ccc(CNc2ncnc3c(C)c(-c4ccc(N)cc4)n(-c4ccc(C(=O)NC(F)C(F)F)c(OC)c4)c23)cc1. The minimum atomic E-state index is -3.37. The van der Waals surface area contributed by atoms with E-state index >= 15 is 0 Å². The molecule has 0 aliphatic rings. The number of carbonyl (C=O) groups excluding carboxylic acids is 1. The van der Waals surface area contributed by atoms with Gasteiger partial charge in [0.1, 0.15) is 23.3 Å². The molecule has 2 aromatic heterocycles. The van der Waals surface area contributed by atoms with Crippen LogP contribution in [0.2, 0.25) is 0 Å². The normalized spacial score (nSPS) is 11.9. The largest absolute Gasteiger partial charge is 0.497 e. The molecule has 1 unspecified atom stereocenters. The van der Waals surface area contributed by atoms with Crippen molar-refractivity contribution in [1.29, 1.82) is 0 Å². The molecule has 222 valence electrons. The van der Waals surface area contributed by atoms with Gasteiger partial charge in [0.2, 0.25) is 6.30 Å². The number of anilines is 2. The fraction of sp³-hybridized carbons (Fsp3) is 0.194. The van der Waals surface area contributed by atoms with E-state index < -0.39 is 18.6 Å². The number of aromatic nitrogens is 3. The molecule has 1 atom stereocenters. The van der Waals surface area contributed by atoms with Crippen LogP contribution in [0, 0.1) is 6.92 Å². The van der Waals surface area contributed by atoms with E-state index in [1.54, 1.807) is 36.7 Å². The predicted octanol–water partition coefficient (Wildman–Crippen LogP) is 5.90. The molecule has 0 aliphatic carbocycles. The standard InChI is InChI=1S/C31H29F3N6O3/c1-17-25-27(30(38-16-37-25)36-15-18-4-11-22(42-2)12-5-18)40(26(17)19-6-8-20(35)9-7-19)21-10-13-23(24(14-21)43-3)31(41)39-29(34)28(32)33/h4-14,16,28-29H,15,35H2,1-3H3,(H,39,41)(H,36,37,38). The highest BCUT2D eigenvalue weighted by molar-refractivity contribution is 5.99. The number of benzene rings is 3. The van der Waals surface area contributed by atoms with Gasteiger partial charge in [-0.05, 0) is 54.4 Å². The predicted molar refractivity (Wildman–Crippen MR) is 159 cm³/mol. The molecular formula is C31H29F3N6O3. The van der Waals surface area contributed by atoms with Crippen LogP contribution in [0.1, 0.15) is 21.5 Å². The van der Waals surface area contributed by atoms with E-state index in [1.165, 1.54) is 19.5 Å². The third-order valence-corrected chi connectivity index (χ3v) is 6.96. The molecule has 4 N–H and O–H groups in total. The Morgan fingerprint density at radius 3 is 2.35 bits per heavy atom. The number of hydrogen-bond donors (Lipinski definition) is 3. The number of fused-ring (bicyclic) bond motifs is 1. The summed E-state index contributed by atoms with van der Waals surface area (Å²) in [5, 5.41) is 5.06. The summed E-state index contributed by atoms with van der Waals surface area (Å²) < 4.78 is 51.7. The van der Waals surface area contributed by atoms with Crippen molar-refractivity contribution < 1.29 is 27.4 Å². The number of amides is 1. The van der Waals surface area contributed by atoms with Crippen LogP contribution in [0.25, 0.3) is 28.0 Å². The molecule has 5 aromatic rings. The van der Waals surface area contributed by atoms with Crippen LogP contribution < -0.4 is 25.8 Å². The minimum Gasteiger partial charge on any atom is -0.497 e. The molecule has 1 amide bonds. The van der Waals surface area contributed by atoms with Gasteiger partial charge < -0.3 is 30.4 Å². The molecule has 5 rings (SSSR count). The number of nitrogens with two attached hydrogens (primary N) is 1. The Bertz CT molecular complexity index is 1760. The molecule has 0 spiro atoms. The first-order chi connectivity index (χ1) is 20.7. The van der Waals surface area contributed by atoms with Crippen molar-refractivity contribution in [1.82, 2.24) is 19.9 Å². The van der Waals surface area contributed by atoms with Gasteiger partial charge in [-0.1, -0.05) is 24.3 Å². The van der Waals surface area contributed by atoms with Crippen LogP contribution in [0.4, 0.5) is 24.7 Å². The fourth-order valence-corrected chi connectivity index (χ4v) is 4.83. The third kappa shape index (κ3) is 5.89. The zero-order valence-corrected chi connectivity index (χ0v) is 23.6. The van der Waals surface area contributed by atoms with Crippen molar-refractivity contribution >= 4 is 28.4 Å². The second-order valence-electron chi connectivity index (χ2n) is 9.65. The smallest absolute Gasteiger partial charge is 0.287 e. The molecule has 12 heteroatoms. The number of halogens is 3. The molecule has 3 aromatic carbocycles. The first-order valence-electron chi connectivity index (χ1n) is 13.2. The van der Waals surface area contributed by atoms with Crippen LogP contribution in [0.15, 0.2) is 73.1 Å². The summed E-state index contributed by atoms with van der Waals surface area (Å²) in [5.41, 5.74) is 11.8. The lowest BCUT2D eigenvalue weighted by molar-refractivity contribution is 0.0286. The van der Waals surface area contributed by atoms with E-state index in [9.17, 15) is 18.0 Å². The molecule has 0 saturated heterocycles. The van der Waals surface area contributed by atoms with Gasteiger partial charge in [-0.2, -0.15) is 0 Å². The minimum absolute atomic E-state index is 0.0591. The lowest BCUT2D eigenvalue weighted by Gasteiger charge is -2.17. The van der Waals surface area contributed by atoms with E-state index in [0.29, 0.717) is 34.8 Å². The number of methoxy groups -OCH3 is 2. The maximum atomic E-state index is 13.6. The fourth-order valence-electron chi connectivity index (χ4n) is 4.83. The van der Waals surface area contributed by atoms with Crippen molar-refractivity contribution in [2.45, 2.75) is 26.2 Å². The lowest BCUT2D eigenvalue weighted by Crippen LogP contribution is -2.36. The van der Waals surface area contributed by atoms with E-state index in [0.717, 1.165) is 28.1 Å². The van der Waals surface area contributed by atoms with Gasteiger partial charge in [-0.15, -0.1) is 0 Å². The molecule has 9 nitrogen and oxygen atoms in total. The molecule has 0 saturated carbocycles. The van der Waals surface area contributed by atoms with Crippen molar-refractivity contribution in [3.8, 4) is 28.4 Å². The second kappa shape index (κ2) is 12.3. The Balaban J connectivity index is 1.66. The summed E-state index contributed by atoms with van der Waals surface area (Å²) in [6, 6.07) is 19.6. The molecule has 0 bridgehead atoms. The van der Waals surface area contributed by atoms with E-state index in [2.05, 4.69) is 15.3 Å². The number of nitrogen functional groups attached to an aromatic ring is 1. The molecule has 0 aliphatic heterocycles. The van der Waals surface area contributed by atoms with Crippen molar-refractivity contribution in [3.05, 3.63) is 89.7 Å². The average Bonchev–Trinajstić information content (AvgIpc) is 3.32. The molecule has 0 fully saturated rings. The highest BCUT2D eigenvalue weighted by Gasteiger charge is 2.26. The van der Waals surface area contributed by atoms with Gasteiger partial charge >= 0.3 is 0 Å². The maximum absolute atomic E-state index is 13.6. The quantitative estimate of drug-likeness (QED) is 0.137. The molecule has 43 heavy (non-hydrogen) atoms. The number of ether oxygens (including phenoxy) is 2. The Morgan fingerprint density at radius 1 is 0.977 bits per heavy atom. The monoisotopic (exact) mass is 590 g/mol. The maximum Gasteiger partial charge on any atom is 0.287 e. The van der Waals surface area contributed by atoms with E-state index in [4.69, 9.17) is 15.2 Å². The summed E-state index contributed by atoms with van der Waals surface area (Å²) in [6.45, 7) is 2.39. The van der Waals surface area contributed by atoms with Gasteiger partial charge in [-0.25, -0.2) is 23.1 Å². The van der Waals surface area contributed by atoms with Crippen molar-refractivity contribution in [2.24, 2.45) is 0 Å². The summed E-state index contributed by atoms with van der Waals surface area (Å²) in [4.78, 5) is 21.7. The van der Waals surface area contributed by atoms with E-state index in [1.807, 2.05) is 47.9 Å². The van der Waals surface area contributed by atoms with Crippen LogP contribution in [0.3, 0.4) is 0 Å². The zero-order valence-electron chi connectivity index (χ0n) is 23.6. The van der Waals surface area contributed by atoms with E-state index in [-0.39, 0.29) is 11.3 Å². The molecular weight excluding hydrogens is 561 g/mol. The lowest BCUT2D eigenvalue weighted by atomic mass is 10.1. The van der Waals surface area contributed by atoms with Gasteiger partial charge in [0.05, 0.1) is 36.7 Å². The summed E-state index contributed by atoms with van der Waals surface area (Å²) in [6.07, 6.45) is -4.70. The topological polar surface area (TPSA) is 116 Å². The Morgan fingerprint density at radius 2 is 1.70 bits per heavy atom. The third-order valence-electron chi connectivity index (χ3n) is 6.96. The highest BCUT2D eigenvalue weighted by Crippen LogP contribution is 2.39. The van der Waals surface area contributed by atoms with Crippen molar-refractivity contribution in [3.63, 3.8) is 0 Å². The van der Waals surface area contributed by atoms with Crippen LogP contribution >= 0.6 is 0 Å². The summed E-state index contributed by atoms with van der Waals surface area (Å²) >= 11 is 0. The second-order valence-corrected chi connectivity index (χ2v) is 9.65. The highest BCUT2D eigenvalue weighted by atomic mass is 19.3. The molecule has 0 radical (unpaired) electrons. The van der Waals surface area contributed by atoms with Crippen LogP contribution in [-0.4, -0.2) is 47.4 Å². The van der Waals surface area contributed by atoms with Gasteiger partial charge in [0.15, 0.2) is 5.82 Å². The Kier molecular flexibility index (Phi) is 8.37. The number of nitrogens with zero attached hydrogens (tertiary/aromatic N) is 3. The number of carbonyl (C=O) groups is 1. The first kappa shape index (κ1) is 29.2. The Labute approximate surface area is 245 Å². The van der Waals surface area contributed by atoms with Crippen molar-refractivity contribution in [2.75, 3.05) is 25.3 Å². The number of rotatable bonds is 10. The van der Waals surface area contributed by atoms with Gasteiger partial charge in [-0.3, -0.25) is 4.79 Å². The van der Waals surface area contributed by atoms with Gasteiger partial charge in [0.25, 0.3) is 12.3 Å². The summed E-state index contributed by atoms with van der Waals surface area (Å²) in [7, 11) is 2.94. The zero-order chi connectivity index (χ0) is 30.7. The number of aryl methyl sites for hydroxylation is 1. The summed E-state index contributed by atoms with van der Waals surface area (Å²) in [5.74, 6) is 0.314. The molecule has 2 heterocycles. The Hall–Kier alpha value is -5.26. The van der Waals surface area contributed by atoms with Crippen LogP contribution in [0.5, 0.6) is 11.5 Å². The first-order valence-corrected chi connectivity index (χ1v) is 13.2. The average molecular weight is 591 g/mol. The van der Waals surface area contributed by atoms with Crippen LogP contribution in [-0.2, 0) is 6.54 Å².